The highest BCUT2D eigenvalue weighted by atomic mass is 16.7. The van der Waals surface area contributed by atoms with Crippen LogP contribution in [0.5, 0.6) is 0 Å². The van der Waals surface area contributed by atoms with E-state index in [9.17, 15) is 35.7 Å². The molecule has 0 aliphatic heterocycles. The summed E-state index contributed by atoms with van der Waals surface area (Å²) >= 11 is 0. The van der Waals surface area contributed by atoms with Gasteiger partial charge in [0.15, 0.2) is 6.29 Å². The van der Waals surface area contributed by atoms with Crippen molar-refractivity contribution >= 4 is 0 Å². The van der Waals surface area contributed by atoms with Crippen molar-refractivity contribution in [2.75, 3.05) is 67.0 Å². The molecular formula is C17H36N2O9. The first-order valence-corrected chi connectivity index (χ1v) is 8.97. The largest absolute Gasteiger partial charge is 0.394 e. The minimum absolute atomic E-state index is 0.237. The highest BCUT2D eigenvalue weighted by Crippen LogP contribution is 2.17. The molecule has 11 nitrogen and oxygen atoms in total. The van der Waals surface area contributed by atoms with E-state index >= 15 is 0 Å². The molecule has 0 spiro atoms. The smallest absolute Gasteiger partial charge is 0.186 e. The van der Waals surface area contributed by atoms with Crippen LogP contribution < -0.4 is 5.32 Å². The van der Waals surface area contributed by atoms with Crippen LogP contribution in [0.4, 0.5) is 0 Å². The molecule has 0 aliphatic carbocycles. The number of rotatable bonds is 17. The van der Waals surface area contributed by atoms with Gasteiger partial charge in [-0.25, -0.2) is 0 Å². The van der Waals surface area contributed by atoms with Crippen molar-refractivity contribution in [1.82, 2.24) is 10.2 Å². The van der Waals surface area contributed by atoms with Crippen LogP contribution in [-0.4, -0.2) is 131 Å². The lowest BCUT2D eigenvalue weighted by molar-refractivity contribution is -0.150. The molecule has 1 unspecified atom stereocenters. The second-order valence-electron chi connectivity index (χ2n) is 6.60. The lowest BCUT2D eigenvalue weighted by Crippen LogP contribution is -2.57. The molecule has 0 fully saturated rings. The number of nitrogens with one attached hydrogen (secondary N) is 1. The molecule has 0 rings (SSSR count). The number of ether oxygens (including phenoxy) is 2. The van der Waals surface area contributed by atoms with Gasteiger partial charge >= 0.3 is 0 Å². The van der Waals surface area contributed by atoms with Gasteiger partial charge in [0.1, 0.15) is 11.6 Å². The van der Waals surface area contributed by atoms with Gasteiger partial charge in [-0.15, -0.1) is 0 Å². The zero-order valence-corrected chi connectivity index (χ0v) is 16.6. The van der Waals surface area contributed by atoms with Crippen molar-refractivity contribution in [3.63, 3.8) is 0 Å². The molecule has 0 bridgehead atoms. The summed E-state index contributed by atoms with van der Waals surface area (Å²) in [4.78, 5) is 1.48. The minimum atomic E-state index is -1.37. The maximum absolute atomic E-state index is 10.1. The van der Waals surface area contributed by atoms with Crippen molar-refractivity contribution in [3.05, 3.63) is 12.3 Å². The lowest BCUT2D eigenvalue weighted by Gasteiger charge is -2.40. The average Bonchev–Trinajstić information content (AvgIpc) is 2.74. The standard InChI is InChI=1S/C17H36N2O9/c1-27-15(28-2)14(26)4-7-19(17(11-23,12-24)13-25)6-3-5-18-16(8-20,9-21)10-22/h4,7,14-15,18,20-26H,3,5-6,8-13H2,1-2H3. The van der Waals surface area contributed by atoms with E-state index in [2.05, 4.69) is 5.32 Å². The summed E-state index contributed by atoms with van der Waals surface area (Å²) in [5, 5.41) is 70.0. The van der Waals surface area contributed by atoms with Crippen LogP contribution in [-0.2, 0) is 9.47 Å². The van der Waals surface area contributed by atoms with Crippen LogP contribution in [0.1, 0.15) is 6.42 Å². The molecule has 28 heavy (non-hydrogen) atoms. The monoisotopic (exact) mass is 412 g/mol. The van der Waals surface area contributed by atoms with Gasteiger partial charge in [-0.1, -0.05) is 0 Å². The summed E-state index contributed by atoms with van der Waals surface area (Å²) in [6, 6.07) is 0. The van der Waals surface area contributed by atoms with E-state index in [-0.39, 0.29) is 13.1 Å². The third-order valence-corrected chi connectivity index (χ3v) is 4.68. The van der Waals surface area contributed by atoms with Gasteiger partial charge in [-0.3, -0.25) is 0 Å². The number of nitrogens with zero attached hydrogens (tertiary/aromatic N) is 1. The lowest BCUT2D eigenvalue weighted by atomic mass is 10.00. The fraction of sp³-hybridized carbons (Fsp3) is 0.882. The summed E-state index contributed by atoms with van der Waals surface area (Å²) in [7, 11) is 2.73. The molecule has 0 saturated carbocycles. The van der Waals surface area contributed by atoms with E-state index in [1.165, 1.54) is 31.4 Å². The molecule has 0 aromatic rings. The normalized spacial score (nSPS) is 14.2. The van der Waals surface area contributed by atoms with Crippen LogP contribution in [0, 0.1) is 0 Å². The molecular weight excluding hydrogens is 376 g/mol. The Balaban J connectivity index is 5.16. The van der Waals surface area contributed by atoms with Gasteiger partial charge in [-0.2, -0.15) is 0 Å². The van der Waals surface area contributed by atoms with Gasteiger partial charge in [0.2, 0.25) is 0 Å². The Hall–Kier alpha value is -0.860. The molecule has 0 radical (unpaired) electrons. The van der Waals surface area contributed by atoms with Gasteiger partial charge in [0.05, 0.1) is 45.2 Å². The Morgan fingerprint density at radius 1 is 0.893 bits per heavy atom. The van der Waals surface area contributed by atoms with E-state index in [4.69, 9.17) is 9.47 Å². The zero-order chi connectivity index (χ0) is 21.6. The summed E-state index contributed by atoms with van der Waals surface area (Å²) in [6.45, 7) is -2.48. The van der Waals surface area contributed by atoms with Gasteiger partial charge in [0.25, 0.3) is 0 Å². The third-order valence-electron chi connectivity index (χ3n) is 4.68. The molecule has 0 amide bonds. The molecule has 11 heteroatoms. The number of hydrogen-bond acceptors (Lipinski definition) is 11. The number of aliphatic hydroxyl groups excluding tert-OH is 7. The van der Waals surface area contributed by atoms with E-state index in [1.54, 1.807) is 0 Å². The molecule has 0 heterocycles. The first-order chi connectivity index (χ1) is 13.4. The maximum atomic E-state index is 10.1. The fourth-order valence-electron chi connectivity index (χ4n) is 2.47. The Labute approximate surface area is 165 Å². The Bertz CT molecular complexity index is 397. The second kappa shape index (κ2) is 14.2. The quantitative estimate of drug-likeness (QED) is 0.0868. The second-order valence-corrected chi connectivity index (χ2v) is 6.60. The first kappa shape index (κ1) is 27.1. The van der Waals surface area contributed by atoms with Gasteiger partial charge in [-0.05, 0) is 25.2 Å². The Kier molecular flexibility index (Phi) is 13.7. The number of hydrogen-bond donors (Lipinski definition) is 8. The molecule has 1 atom stereocenters. The Morgan fingerprint density at radius 3 is 1.79 bits per heavy atom. The SMILES string of the molecule is COC(OC)C(O)C=CN(CCCNC(CO)(CO)CO)C(CO)(CO)CO. The van der Waals surface area contributed by atoms with E-state index in [1.807, 2.05) is 0 Å². The molecule has 168 valence electrons. The van der Waals surface area contributed by atoms with Gasteiger partial charge < -0.3 is 55.4 Å². The molecule has 8 N–H and O–H groups in total. The molecule has 0 aromatic carbocycles. The highest BCUT2D eigenvalue weighted by molar-refractivity contribution is 5.00. The summed E-state index contributed by atoms with van der Waals surface area (Å²) in [6.07, 6.45) is 1.14. The van der Waals surface area contributed by atoms with E-state index in [0.29, 0.717) is 6.42 Å². The highest BCUT2D eigenvalue weighted by Gasteiger charge is 2.34. The minimum Gasteiger partial charge on any atom is -0.394 e. The van der Waals surface area contributed by atoms with Crippen molar-refractivity contribution in [2.45, 2.75) is 29.9 Å². The average molecular weight is 412 g/mol. The predicted molar refractivity (Wildman–Crippen MR) is 100 cm³/mol. The fourth-order valence-corrected chi connectivity index (χ4v) is 2.47. The number of aliphatic hydroxyl groups is 7. The van der Waals surface area contributed by atoms with Gasteiger partial charge in [0, 0.05) is 20.8 Å². The first-order valence-electron chi connectivity index (χ1n) is 8.97. The van der Waals surface area contributed by atoms with E-state index < -0.39 is 63.1 Å². The van der Waals surface area contributed by atoms with Crippen molar-refractivity contribution < 1.29 is 45.2 Å². The summed E-state index contributed by atoms with van der Waals surface area (Å²) in [5.41, 5.74) is -2.59. The van der Waals surface area contributed by atoms with Crippen molar-refractivity contribution in [1.29, 1.82) is 0 Å². The third kappa shape index (κ3) is 7.52. The summed E-state index contributed by atoms with van der Waals surface area (Å²) < 4.78 is 9.92. The molecule has 0 aliphatic rings. The predicted octanol–water partition coefficient (Wildman–Crippen LogP) is -3.81. The summed E-state index contributed by atoms with van der Waals surface area (Å²) in [5.74, 6) is 0. The van der Waals surface area contributed by atoms with Crippen molar-refractivity contribution in [2.24, 2.45) is 0 Å². The maximum Gasteiger partial charge on any atom is 0.186 e. The van der Waals surface area contributed by atoms with Crippen LogP contribution in [0.3, 0.4) is 0 Å². The molecule has 0 aromatic heterocycles. The van der Waals surface area contributed by atoms with Crippen molar-refractivity contribution in [3.8, 4) is 0 Å². The van der Waals surface area contributed by atoms with Crippen LogP contribution in [0.15, 0.2) is 12.3 Å². The van der Waals surface area contributed by atoms with Crippen LogP contribution in [0.2, 0.25) is 0 Å². The topological polar surface area (TPSA) is 175 Å². The van der Waals surface area contributed by atoms with Crippen LogP contribution >= 0.6 is 0 Å². The molecule has 0 saturated heterocycles. The zero-order valence-electron chi connectivity index (χ0n) is 16.6. The van der Waals surface area contributed by atoms with Crippen LogP contribution in [0.25, 0.3) is 0 Å². The number of methoxy groups -OCH3 is 2. The Morgan fingerprint density at radius 2 is 1.39 bits per heavy atom. The van der Waals surface area contributed by atoms with E-state index in [0.717, 1.165) is 0 Å².